The maximum absolute atomic E-state index is 12.0. The Balaban J connectivity index is 1.46. The van der Waals surface area contributed by atoms with Crippen LogP contribution in [0.15, 0.2) is 43.0 Å². The number of nitrogens with zero attached hydrogens (tertiary/aromatic N) is 7. The summed E-state index contributed by atoms with van der Waals surface area (Å²) in [6.07, 6.45) is 4.92. The average Bonchev–Trinajstić information content (AvgIpc) is 3.31. The van der Waals surface area contributed by atoms with Gasteiger partial charge in [-0.1, -0.05) is 0 Å². The van der Waals surface area contributed by atoms with Gasteiger partial charge in [0.2, 0.25) is 0 Å². The number of hydrogen-bond donors (Lipinski definition) is 1. The molecule has 2 heterocycles. The normalized spacial score (nSPS) is 10.9. The number of carbonyl (C=O) groups is 1. The van der Waals surface area contributed by atoms with Crippen LogP contribution >= 0.6 is 0 Å². The number of tetrazole rings is 1. The number of ether oxygens (including phenoxy) is 1. The molecule has 0 aliphatic heterocycles. The molecule has 2 aromatic heterocycles. The summed E-state index contributed by atoms with van der Waals surface area (Å²) in [5.74, 6) is 0.334. The number of hydrogen-bond acceptors (Lipinski definition) is 7. The Kier molecular flexibility index (Phi) is 5.54. The van der Waals surface area contributed by atoms with E-state index in [9.17, 15) is 4.79 Å². The van der Waals surface area contributed by atoms with Crippen LogP contribution in [0.25, 0.3) is 5.69 Å². The fourth-order valence-electron chi connectivity index (χ4n) is 2.17. The molecule has 3 rings (SSSR count). The van der Waals surface area contributed by atoms with Crippen LogP contribution in [0, 0.1) is 0 Å². The second-order valence-corrected chi connectivity index (χ2v) is 5.88. The number of nitrogens with one attached hydrogen (secondary N) is 1. The molecular formula is C16H20N8O2. The lowest BCUT2D eigenvalue weighted by molar-refractivity contribution is -0.118. The summed E-state index contributed by atoms with van der Waals surface area (Å²) in [7, 11) is 4.00. The molecule has 1 aromatic carbocycles. The van der Waals surface area contributed by atoms with Gasteiger partial charge in [0.25, 0.3) is 5.91 Å². The SMILES string of the molecule is CN(C)CCn1cc(NC(=O)COc2ccc(-n3cnnn3)cc2)cn1. The zero-order valence-electron chi connectivity index (χ0n) is 14.6. The molecule has 0 spiro atoms. The molecule has 0 aliphatic rings. The van der Waals surface area contributed by atoms with Crippen molar-refractivity contribution in [2.45, 2.75) is 6.54 Å². The lowest BCUT2D eigenvalue weighted by Crippen LogP contribution is -2.20. The van der Waals surface area contributed by atoms with E-state index in [1.165, 1.54) is 11.0 Å². The predicted molar refractivity (Wildman–Crippen MR) is 94.1 cm³/mol. The quantitative estimate of drug-likeness (QED) is 0.624. The molecule has 0 atom stereocenters. The first-order chi connectivity index (χ1) is 12.6. The van der Waals surface area contributed by atoms with Crippen LogP contribution in [-0.4, -0.2) is 68.0 Å². The molecule has 1 amide bonds. The van der Waals surface area contributed by atoms with E-state index in [-0.39, 0.29) is 12.5 Å². The van der Waals surface area contributed by atoms with Crippen LogP contribution in [0.1, 0.15) is 0 Å². The largest absolute Gasteiger partial charge is 0.484 e. The molecule has 3 aromatic rings. The highest BCUT2D eigenvalue weighted by molar-refractivity contribution is 5.91. The molecular weight excluding hydrogens is 336 g/mol. The molecule has 0 bridgehead atoms. The molecule has 0 radical (unpaired) electrons. The van der Waals surface area contributed by atoms with Gasteiger partial charge >= 0.3 is 0 Å². The zero-order valence-corrected chi connectivity index (χ0v) is 14.6. The Morgan fingerprint density at radius 2 is 2.08 bits per heavy atom. The van der Waals surface area contributed by atoms with Crippen molar-refractivity contribution >= 4 is 11.6 Å². The van der Waals surface area contributed by atoms with Gasteiger partial charge in [-0.05, 0) is 48.8 Å². The van der Waals surface area contributed by atoms with E-state index in [0.29, 0.717) is 11.4 Å². The van der Waals surface area contributed by atoms with E-state index >= 15 is 0 Å². The Morgan fingerprint density at radius 1 is 1.27 bits per heavy atom. The van der Waals surface area contributed by atoms with Crippen LogP contribution in [0.5, 0.6) is 5.75 Å². The lowest BCUT2D eigenvalue weighted by Gasteiger charge is -2.08. The number of anilines is 1. The van der Waals surface area contributed by atoms with Gasteiger partial charge in [-0.25, -0.2) is 4.68 Å². The Morgan fingerprint density at radius 3 is 2.77 bits per heavy atom. The van der Waals surface area contributed by atoms with Gasteiger partial charge < -0.3 is 15.0 Å². The Labute approximate surface area is 150 Å². The third-order valence-corrected chi connectivity index (χ3v) is 3.51. The second-order valence-electron chi connectivity index (χ2n) is 5.88. The fraction of sp³-hybridized carbons (Fsp3) is 0.312. The summed E-state index contributed by atoms with van der Waals surface area (Å²) in [5, 5.41) is 17.9. The highest BCUT2D eigenvalue weighted by atomic mass is 16.5. The van der Waals surface area contributed by atoms with E-state index in [2.05, 4.69) is 30.8 Å². The summed E-state index contributed by atoms with van der Waals surface area (Å²) in [5.41, 5.74) is 1.45. The maximum Gasteiger partial charge on any atom is 0.262 e. The van der Waals surface area contributed by atoms with E-state index in [1.807, 2.05) is 14.1 Å². The van der Waals surface area contributed by atoms with E-state index in [1.54, 1.807) is 41.3 Å². The lowest BCUT2D eigenvalue weighted by atomic mass is 10.3. The minimum Gasteiger partial charge on any atom is -0.484 e. The van der Waals surface area contributed by atoms with Crippen molar-refractivity contribution in [2.75, 3.05) is 32.6 Å². The Hall–Kier alpha value is -3.27. The van der Waals surface area contributed by atoms with Gasteiger partial charge in [-0.2, -0.15) is 5.10 Å². The van der Waals surface area contributed by atoms with Gasteiger partial charge in [-0.15, -0.1) is 5.10 Å². The molecule has 0 aliphatic carbocycles. The van der Waals surface area contributed by atoms with Crippen molar-refractivity contribution in [2.24, 2.45) is 0 Å². The van der Waals surface area contributed by atoms with Crippen LogP contribution in [0.3, 0.4) is 0 Å². The third kappa shape index (κ3) is 4.86. The number of amides is 1. The summed E-state index contributed by atoms with van der Waals surface area (Å²) in [6.45, 7) is 1.54. The van der Waals surface area contributed by atoms with Gasteiger partial charge in [0.15, 0.2) is 6.61 Å². The molecule has 0 fully saturated rings. The summed E-state index contributed by atoms with van der Waals surface area (Å²) < 4.78 is 8.81. The molecule has 0 saturated carbocycles. The molecule has 26 heavy (non-hydrogen) atoms. The van der Waals surface area contributed by atoms with Gasteiger partial charge in [0.1, 0.15) is 12.1 Å². The molecule has 10 heteroatoms. The minimum absolute atomic E-state index is 0.0902. The molecule has 1 N–H and O–H groups in total. The van der Waals surface area contributed by atoms with Crippen molar-refractivity contribution in [3.8, 4) is 11.4 Å². The number of aromatic nitrogens is 6. The topological polar surface area (TPSA) is 103 Å². The smallest absolute Gasteiger partial charge is 0.262 e. The second kappa shape index (κ2) is 8.21. The van der Waals surface area contributed by atoms with Crippen molar-refractivity contribution in [3.05, 3.63) is 43.0 Å². The van der Waals surface area contributed by atoms with Crippen LogP contribution in [-0.2, 0) is 11.3 Å². The van der Waals surface area contributed by atoms with Crippen molar-refractivity contribution in [1.29, 1.82) is 0 Å². The fourth-order valence-corrected chi connectivity index (χ4v) is 2.17. The molecule has 10 nitrogen and oxygen atoms in total. The van der Waals surface area contributed by atoms with Gasteiger partial charge in [0, 0.05) is 12.7 Å². The summed E-state index contributed by atoms with van der Waals surface area (Å²) in [6, 6.07) is 7.11. The van der Waals surface area contributed by atoms with Crippen LogP contribution in [0.2, 0.25) is 0 Å². The first kappa shape index (κ1) is 17.5. The van der Waals surface area contributed by atoms with E-state index in [0.717, 1.165) is 18.8 Å². The first-order valence-corrected chi connectivity index (χ1v) is 8.03. The summed E-state index contributed by atoms with van der Waals surface area (Å²) >= 11 is 0. The average molecular weight is 356 g/mol. The Bertz CT molecular complexity index is 826. The maximum atomic E-state index is 12.0. The number of carbonyl (C=O) groups excluding carboxylic acids is 1. The van der Waals surface area contributed by atoms with Gasteiger partial charge in [-0.3, -0.25) is 9.48 Å². The highest BCUT2D eigenvalue weighted by Gasteiger charge is 2.06. The number of rotatable bonds is 8. The van der Waals surface area contributed by atoms with Crippen LogP contribution in [0.4, 0.5) is 5.69 Å². The number of likely N-dealkylation sites (N-methyl/N-ethyl adjacent to an activating group) is 1. The number of benzene rings is 1. The van der Waals surface area contributed by atoms with Crippen molar-refractivity contribution < 1.29 is 9.53 Å². The van der Waals surface area contributed by atoms with E-state index in [4.69, 9.17) is 4.74 Å². The molecule has 0 unspecified atom stereocenters. The van der Waals surface area contributed by atoms with Crippen molar-refractivity contribution in [3.63, 3.8) is 0 Å². The van der Waals surface area contributed by atoms with Gasteiger partial charge in [0.05, 0.1) is 24.1 Å². The monoisotopic (exact) mass is 356 g/mol. The minimum atomic E-state index is -0.248. The zero-order chi connectivity index (χ0) is 18.4. The van der Waals surface area contributed by atoms with Crippen LogP contribution < -0.4 is 10.1 Å². The summed E-state index contributed by atoms with van der Waals surface area (Å²) in [4.78, 5) is 14.1. The highest BCUT2D eigenvalue weighted by Crippen LogP contribution is 2.14. The molecule has 136 valence electrons. The first-order valence-electron chi connectivity index (χ1n) is 8.03. The molecule has 0 saturated heterocycles. The standard InChI is InChI=1S/C16H20N8O2/c1-22(2)7-8-23-10-13(9-18-23)19-16(25)11-26-15-5-3-14(4-6-15)24-12-17-20-21-24/h3-6,9-10,12H,7-8,11H2,1-2H3,(H,19,25). The van der Waals surface area contributed by atoms with Crippen molar-refractivity contribution in [1.82, 2.24) is 34.9 Å². The third-order valence-electron chi connectivity index (χ3n) is 3.51. The van der Waals surface area contributed by atoms with E-state index < -0.39 is 0 Å². The predicted octanol–water partition coefficient (Wildman–Crippen LogP) is 0.438.